The summed E-state index contributed by atoms with van der Waals surface area (Å²) in [5.41, 5.74) is 1.30. The van der Waals surface area contributed by atoms with Crippen LogP contribution in [0.1, 0.15) is 24.2 Å². The van der Waals surface area contributed by atoms with E-state index in [1.807, 2.05) is 0 Å². The second-order valence-electron chi connectivity index (χ2n) is 5.27. The van der Waals surface area contributed by atoms with Crippen LogP contribution in [0.4, 0.5) is 11.5 Å². The molecule has 0 aliphatic rings. The van der Waals surface area contributed by atoms with Crippen molar-refractivity contribution in [3.8, 4) is 0 Å². The number of anilines is 2. The summed E-state index contributed by atoms with van der Waals surface area (Å²) < 4.78 is 0. The molecule has 2 aromatic rings. The highest BCUT2D eigenvalue weighted by molar-refractivity contribution is 6.30. The molecule has 0 bridgehead atoms. The first-order chi connectivity index (χ1) is 11.8. The zero-order valence-electron chi connectivity index (χ0n) is 13.7. The maximum absolute atomic E-state index is 12.0. The minimum Gasteiger partial charge on any atom is -0.323 e. The molecular weight excluding hydrogens is 342 g/mol. The van der Waals surface area contributed by atoms with Crippen molar-refractivity contribution in [2.45, 2.75) is 13.8 Å². The number of hydrogen-bond acceptors (Lipinski definition) is 4. The second kappa shape index (κ2) is 8.21. The molecule has 0 saturated carbocycles. The highest BCUT2D eigenvalue weighted by atomic mass is 35.5. The Labute approximate surface area is 149 Å². The van der Waals surface area contributed by atoms with Crippen molar-refractivity contribution in [2.75, 3.05) is 10.6 Å². The van der Waals surface area contributed by atoms with E-state index in [4.69, 9.17) is 11.6 Å². The van der Waals surface area contributed by atoms with Crippen LogP contribution in [0.25, 0.3) is 0 Å². The quantitative estimate of drug-likeness (QED) is 0.633. The average Bonchev–Trinajstić information content (AvgIpc) is 2.57. The number of hydrogen-bond donors (Lipinski definition) is 2. The third-order valence-electron chi connectivity index (χ3n) is 3.23. The van der Waals surface area contributed by atoms with Crippen molar-refractivity contribution in [3.05, 3.63) is 64.8 Å². The molecule has 0 saturated heterocycles. The van der Waals surface area contributed by atoms with E-state index in [-0.39, 0.29) is 11.4 Å². The predicted octanol–water partition coefficient (Wildman–Crippen LogP) is 3.46. The van der Waals surface area contributed by atoms with E-state index in [1.165, 1.54) is 26.1 Å². The minimum atomic E-state index is -0.452. The zero-order valence-corrected chi connectivity index (χ0v) is 14.4. The van der Waals surface area contributed by atoms with Crippen molar-refractivity contribution in [1.29, 1.82) is 0 Å². The molecular formula is C18H16ClN3O3. The molecule has 2 rings (SSSR count). The van der Waals surface area contributed by atoms with E-state index in [9.17, 15) is 14.4 Å². The summed E-state index contributed by atoms with van der Waals surface area (Å²) >= 11 is 5.73. The van der Waals surface area contributed by atoms with Crippen LogP contribution in [0.3, 0.4) is 0 Å². The van der Waals surface area contributed by atoms with Gasteiger partial charge in [0, 0.05) is 29.1 Å². The van der Waals surface area contributed by atoms with E-state index >= 15 is 0 Å². The van der Waals surface area contributed by atoms with Crippen LogP contribution in [-0.2, 0) is 9.59 Å². The summed E-state index contributed by atoms with van der Waals surface area (Å²) in [6.07, 6.45) is 2.60. The molecule has 1 aromatic carbocycles. The molecule has 2 N–H and O–H groups in total. The molecule has 0 aliphatic heterocycles. The Balaban J connectivity index is 1.97. The number of halogens is 1. The molecule has 0 spiro atoms. The van der Waals surface area contributed by atoms with Gasteiger partial charge in [0.05, 0.1) is 5.02 Å². The van der Waals surface area contributed by atoms with E-state index in [0.29, 0.717) is 22.1 Å². The van der Waals surface area contributed by atoms with Gasteiger partial charge in [0.25, 0.3) is 5.91 Å². The number of nitrogens with one attached hydrogen (secondary N) is 2. The van der Waals surface area contributed by atoms with Gasteiger partial charge in [-0.3, -0.25) is 14.4 Å². The molecule has 7 heteroatoms. The number of rotatable bonds is 5. The summed E-state index contributed by atoms with van der Waals surface area (Å²) in [6.45, 7) is 2.98. The molecule has 2 amide bonds. The first-order valence-electron chi connectivity index (χ1n) is 7.38. The lowest BCUT2D eigenvalue weighted by Crippen LogP contribution is -2.16. The molecule has 0 fully saturated rings. The lowest BCUT2D eigenvalue weighted by atomic mass is 10.1. The van der Waals surface area contributed by atoms with Gasteiger partial charge in [0.1, 0.15) is 5.82 Å². The Kier molecular flexibility index (Phi) is 6.03. The monoisotopic (exact) mass is 357 g/mol. The Morgan fingerprint density at radius 1 is 1.00 bits per heavy atom. The summed E-state index contributed by atoms with van der Waals surface area (Å²) in [5, 5.41) is 5.65. The maximum atomic E-state index is 12.0. The largest absolute Gasteiger partial charge is 0.323 e. The summed E-state index contributed by atoms with van der Waals surface area (Å²) in [6, 6.07) is 9.64. The van der Waals surface area contributed by atoms with E-state index in [2.05, 4.69) is 15.6 Å². The predicted molar refractivity (Wildman–Crippen MR) is 96.7 cm³/mol. The number of ketones is 1. The topological polar surface area (TPSA) is 88.2 Å². The number of aromatic nitrogens is 1. The van der Waals surface area contributed by atoms with Gasteiger partial charge < -0.3 is 10.6 Å². The van der Waals surface area contributed by atoms with Gasteiger partial charge in [-0.1, -0.05) is 11.6 Å². The number of carbonyl (C=O) groups excluding carboxylic acids is 3. The standard InChI is InChI=1S/C18H16ClN3O3/c1-11(18(25)22-16-8-5-14(19)10-20-16)9-17(24)21-15-6-3-13(4-7-15)12(2)23/h3-10H,1-2H3,(H,21,24)(H,20,22,25)/b11-9+. The number of nitrogens with zero attached hydrogens (tertiary/aromatic N) is 1. The lowest BCUT2D eigenvalue weighted by Gasteiger charge is -2.06. The van der Waals surface area contributed by atoms with Crippen LogP contribution in [0.5, 0.6) is 0 Å². The van der Waals surface area contributed by atoms with Crippen molar-refractivity contribution in [2.24, 2.45) is 0 Å². The number of Topliss-reactive ketones (excluding diaryl/α,β-unsaturated/α-hetero) is 1. The third-order valence-corrected chi connectivity index (χ3v) is 3.46. The summed E-state index contributed by atoms with van der Waals surface area (Å²) in [7, 11) is 0. The first kappa shape index (κ1) is 18.4. The Bertz CT molecular complexity index is 828. The van der Waals surface area contributed by atoms with Gasteiger partial charge in [-0.15, -0.1) is 0 Å². The number of amides is 2. The van der Waals surface area contributed by atoms with Crippen LogP contribution in [-0.4, -0.2) is 22.6 Å². The fourth-order valence-corrected chi connectivity index (χ4v) is 2.01. The van der Waals surface area contributed by atoms with Crippen molar-refractivity contribution in [3.63, 3.8) is 0 Å². The minimum absolute atomic E-state index is 0.0545. The molecule has 0 unspecified atom stereocenters. The van der Waals surface area contributed by atoms with E-state index in [0.717, 1.165) is 0 Å². The maximum Gasteiger partial charge on any atom is 0.252 e. The first-order valence-corrected chi connectivity index (χ1v) is 7.76. The highest BCUT2D eigenvalue weighted by Gasteiger charge is 2.08. The highest BCUT2D eigenvalue weighted by Crippen LogP contribution is 2.12. The van der Waals surface area contributed by atoms with Crippen LogP contribution in [0, 0.1) is 0 Å². The Hall–Kier alpha value is -2.99. The fourth-order valence-electron chi connectivity index (χ4n) is 1.89. The van der Waals surface area contributed by atoms with E-state index in [1.54, 1.807) is 36.4 Å². The summed E-state index contributed by atoms with van der Waals surface area (Å²) in [4.78, 5) is 39.2. The molecule has 0 atom stereocenters. The van der Waals surface area contributed by atoms with Gasteiger partial charge in [0.15, 0.2) is 5.78 Å². The number of benzene rings is 1. The van der Waals surface area contributed by atoms with Gasteiger partial charge in [-0.05, 0) is 50.2 Å². The molecule has 25 heavy (non-hydrogen) atoms. The van der Waals surface area contributed by atoms with Crippen LogP contribution in [0.15, 0.2) is 54.2 Å². The number of carbonyl (C=O) groups is 3. The molecule has 0 aliphatic carbocycles. The van der Waals surface area contributed by atoms with Gasteiger partial charge in [-0.2, -0.15) is 0 Å². The molecule has 0 radical (unpaired) electrons. The fraction of sp³-hybridized carbons (Fsp3) is 0.111. The smallest absolute Gasteiger partial charge is 0.252 e. The Morgan fingerprint density at radius 3 is 2.24 bits per heavy atom. The molecule has 1 aromatic heterocycles. The Morgan fingerprint density at radius 2 is 1.68 bits per heavy atom. The molecule has 128 valence electrons. The van der Waals surface area contributed by atoms with Crippen LogP contribution in [0.2, 0.25) is 5.02 Å². The van der Waals surface area contributed by atoms with Crippen molar-refractivity contribution >= 4 is 40.7 Å². The van der Waals surface area contributed by atoms with Gasteiger partial charge in [-0.25, -0.2) is 4.98 Å². The zero-order chi connectivity index (χ0) is 18.4. The second-order valence-corrected chi connectivity index (χ2v) is 5.70. The van der Waals surface area contributed by atoms with Gasteiger partial charge in [0.2, 0.25) is 5.91 Å². The average molecular weight is 358 g/mol. The van der Waals surface area contributed by atoms with Crippen LogP contribution < -0.4 is 10.6 Å². The van der Waals surface area contributed by atoms with Crippen molar-refractivity contribution in [1.82, 2.24) is 4.98 Å². The molecule has 6 nitrogen and oxygen atoms in total. The third kappa shape index (κ3) is 5.54. The van der Waals surface area contributed by atoms with E-state index < -0.39 is 11.8 Å². The molecule has 1 heterocycles. The lowest BCUT2D eigenvalue weighted by molar-refractivity contribution is -0.114. The number of pyridine rings is 1. The van der Waals surface area contributed by atoms with Crippen LogP contribution >= 0.6 is 11.6 Å². The van der Waals surface area contributed by atoms with Gasteiger partial charge >= 0.3 is 0 Å². The van der Waals surface area contributed by atoms with Crippen molar-refractivity contribution < 1.29 is 14.4 Å². The normalized spacial score (nSPS) is 10.9. The SMILES string of the molecule is CC(=O)c1ccc(NC(=O)/C=C(\C)C(=O)Nc2ccc(Cl)cn2)cc1. The summed E-state index contributed by atoms with van der Waals surface area (Å²) in [5.74, 6) is -0.618.